The molecule has 4 aromatic rings. The highest BCUT2D eigenvalue weighted by Crippen LogP contribution is 2.36. The minimum Gasteiger partial charge on any atom is -0.282 e. The fourth-order valence-electron chi connectivity index (χ4n) is 3.57. The molecule has 5 heteroatoms. The summed E-state index contributed by atoms with van der Waals surface area (Å²) < 4.78 is 14.7. The summed E-state index contributed by atoms with van der Waals surface area (Å²) in [5, 5.41) is 1.65. The van der Waals surface area contributed by atoms with E-state index in [9.17, 15) is 14.0 Å². The smallest absolute Gasteiger partial charge is 0.216 e. The van der Waals surface area contributed by atoms with Gasteiger partial charge in [0.05, 0.1) is 4.90 Å². The number of halogens is 1. The summed E-state index contributed by atoms with van der Waals surface area (Å²) in [4.78, 5) is 24.3. The Morgan fingerprint density at radius 3 is 1.82 bits per heavy atom. The van der Waals surface area contributed by atoms with E-state index < -0.39 is 5.82 Å². The Kier molecular flexibility index (Phi) is 6.92. The molecule has 0 bridgehead atoms. The van der Waals surface area contributed by atoms with Crippen molar-refractivity contribution in [1.82, 2.24) is 0 Å². The zero-order valence-corrected chi connectivity index (χ0v) is 19.2. The third-order valence-electron chi connectivity index (χ3n) is 5.09. The van der Waals surface area contributed by atoms with Gasteiger partial charge in [0, 0.05) is 4.90 Å². The first-order chi connectivity index (χ1) is 16.0. The largest absolute Gasteiger partial charge is 0.282 e. The van der Waals surface area contributed by atoms with Gasteiger partial charge in [-0.1, -0.05) is 67.8 Å². The maximum atomic E-state index is 14.7. The van der Waals surface area contributed by atoms with Crippen molar-refractivity contribution in [2.24, 2.45) is 0 Å². The molecule has 0 aliphatic rings. The molecular weight excluding hydrogens is 451 g/mol. The molecular formula is C28H19FO2S2. The van der Waals surface area contributed by atoms with Crippen molar-refractivity contribution in [1.29, 1.82) is 0 Å². The van der Waals surface area contributed by atoms with Gasteiger partial charge in [0.15, 0.2) is 0 Å². The van der Waals surface area contributed by atoms with Crippen molar-refractivity contribution in [3.8, 4) is 22.3 Å². The van der Waals surface area contributed by atoms with Crippen LogP contribution in [0.1, 0.15) is 0 Å². The maximum absolute atomic E-state index is 14.7. The van der Waals surface area contributed by atoms with Crippen LogP contribution in [-0.2, 0) is 9.59 Å². The molecule has 33 heavy (non-hydrogen) atoms. The van der Waals surface area contributed by atoms with E-state index in [4.69, 9.17) is 0 Å². The zero-order chi connectivity index (χ0) is 23.4. The minimum absolute atomic E-state index is 0.0944. The van der Waals surface area contributed by atoms with Crippen molar-refractivity contribution in [2.45, 2.75) is 9.79 Å². The van der Waals surface area contributed by atoms with E-state index in [2.05, 4.69) is 13.2 Å². The second kappa shape index (κ2) is 10.0. The van der Waals surface area contributed by atoms with Gasteiger partial charge >= 0.3 is 0 Å². The normalized spacial score (nSPS) is 10.7. The molecule has 0 N–H and O–H groups in total. The Balaban J connectivity index is 1.74. The lowest BCUT2D eigenvalue weighted by Gasteiger charge is -2.12. The first-order valence-electron chi connectivity index (χ1n) is 10.1. The summed E-state index contributed by atoms with van der Waals surface area (Å²) in [6, 6.07) is 24.7. The number of carbonyl (C=O) groups is 2. The maximum Gasteiger partial charge on any atom is 0.216 e. The molecule has 0 saturated heterocycles. The number of hydrogen-bond acceptors (Lipinski definition) is 4. The fraction of sp³-hybridized carbons (Fsp3) is 0. The van der Waals surface area contributed by atoms with Gasteiger partial charge in [-0.2, -0.15) is 0 Å². The summed E-state index contributed by atoms with van der Waals surface area (Å²) in [5.74, 6) is -0.442. The SMILES string of the molecule is C=CC(=O)Sc1ccc(-c2cccc3c(-c4ccc(SC(=O)C=C)c(F)c4)cccc23)cc1. The molecule has 4 rings (SSSR count). The Morgan fingerprint density at radius 1 is 0.697 bits per heavy atom. The van der Waals surface area contributed by atoms with E-state index in [0.717, 1.165) is 61.4 Å². The second-order valence-electron chi connectivity index (χ2n) is 7.13. The Labute approximate surface area is 200 Å². The van der Waals surface area contributed by atoms with Crippen molar-refractivity contribution in [3.05, 3.63) is 110 Å². The molecule has 0 spiro atoms. The Bertz CT molecular complexity index is 1390. The van der Waals surface area contributed by atoms with Gasteiger partial charge in [0.2, 0.25) is 10.2 Å². The number of thioether (sulfide) groups is 2. The highest BCUT2D eigenvalue weighted by atomic mass is 32.2. The summed E-state index contributed by atoms with van der Waals surface area (Å²) in [6.45, 7) is 6.93. The van der Waals surface area contributed by atoms with Crippen LogP contribution in [0.5, 0.6) is 0 Å². The number of carbonyl (C=O) groups excluding carboxylic acids is 2. The summed E-state index contributed by atoms with van der Waals surface area (Å²) in [6.07, 6.45) is 2.48. The first-order valence-corrected chi connectivity index (χ1v) is 11.7. The van der Waals surface area contributed by atoms with Crippen molar-refractivity contribution < 1.29 is 14.0 Å². The minimum atomic E-state index is -0.442. The molecule has 0 amide bonds. The van der Waals surface area contributed by atoms with E-state index in [1.165, 1.54) is 18.2 Å². The van der Waals surface area contributed by atoms with Crippen LogP contribution >= 0.6 is 23.5 Å². The number of hydrogen-bond donors (Lipinski definition) is 0. The van der Waals surface area contributed by atoms with Crippen LogP contribution < -0.4 is 0 Å². The van der Waals surface area contributed by atoms with Crippen molar-refractivity contribution in [3.63, 3.8) is 0 Å². The number of rotatable bonds is 6. The highest BCUT2D eigenvalue weighted by Gasteiger charge is 2.12. The Hall–Kier alpha value is -3.41. The van der Waals surface area contributed by atoms with Gasteiger partial charge in [-0.25, -0.2) is 4.39 Å². The molecule has 0 fully saturated rings. The summed E-state index contributed by atoms with van der Waals surface area (Å²) in [5.41, 5.74) is 3.71. The predicted octanol–water partition coefficient (Wildman–Crippen LogP) is 7.92. The van der Waals surface area contributed by atoms with Gasteiger partial charge in [-0.15, -0.1) is 0 Å². The van der Waals surface area contributed by atoms with Crippen LogP contribution in [0.2, 0.25) is 0 Å². The second-order valence-corrected chi connectivity index (χ2v) is 9.25. The summed E-state index contributed by atoms with van der Waals surface area (Å²) in [7, 11) is 0. The number of benzene rings is 4. The van der Waals surface area contributed by atoms with Gasteiger partial charge in [0.1, 0.15) is 5.82 Å². The highest BCUT2D eigenvalue weighted by molar-refractivity contribution is 8.14. The quantitative estimate of drug-likeness (QED) is 0.212. The van der Waals surface area contributed by atoms with E-state index in [1.807, 2.05) is 66.7 Å². The molecule has 0 unspecified atom stereocenters. The molecule has 0 heterocycles. The summed E-state index contributed by atoms with van der Waals surface area (Å²) >= 11 is 1.96. The fourth-order valence-corrected chi connectivity index (χ4v) is 4.76. The van der Waals surface area contributed by atoms with Gasteiger partial charge in [-0.3, -0.25) is 9.59 Å². The predicted molar refractivity (Wildman–Crippen MR) is 137 cm³/mol. The van der Waals surface area contributed by atoms with E-state index in [-0.39, 0.29) is 15.1 Å². The molecule has 0 atom stereocenters. The standard InChI is InChI=1S/C28H19FO2S2/c1-3-27(30)32-20-14-11-18(12-15-20)21-7-5-10-24-22(8-6-9-23(21)24)19-13-16-26(25(29)17-19)33-28(31)4-2/h3-17H,1-2H2. The molecule has 2 nitrogen and oxygen atoms in total. The van der Waals surface area contributed by atoms with Crippen LogP contribution in [0.25, 0.3) is 33.0 Å². The average Bonchev–Trinajstić information content (AvgIpc) is 2.85. The van der Waals surface area contributed by atoms with Crippen LogP contribution in [0.15, 0.2) is 114 Å². The van der Waals surface area contributed by atoms with E-state index >= 15 is 0 Å². The molecule has 0 aliphatic heterocycles. The van der Waals surface area contributed by atoms with Crippen LogP contribution in [-0.4, -0.2) is 10.2 Å². The first kappa shape index (κ1) is 22.8. The Morgan fingerprint density at radius 2 is 1.24 bits per heavy atom. The average molecular weight is 471 g/mol. The van der Waals surface area contributed by atoms with Crippen molar-refractivity contribution in [2.75, 3.05) is 0 Å². The van der Waals surface area contributed by atoms with Crippen LogP contribution in [0, 0.1) is 5.82 Å². The van der Waals surface area contributed by atoms with Crippen molar-refractivity contribution >= 4 is 44.5 Å². The van der Waals surface area contributed by atoms with E-state index in [1.54, 1.807) is 6.07 Å². The molecule has 0 saturated carbocycles. The zero-order valence-electron chi connectivity index (χ0n) is 17.6. The molecule has 0 radical (unpaired) electrons. The van der Waals surface area contributed by atoms with Gasteiger partial charge in [-0.05, 0) is 93.0 Å². The van der Waals surface area contributed by atoms with E-state index in [0.29, 0.717) is 0 Å². The molecule has 0 aromatic heterocycles. The lowest BCUT2D eigenvalue weighted by Crippen LogP contribution is -1.90. The molecule has 4 aromatic carbocycles. The van der Waals surface area contributed by atoms with Crippen LogP contribution in [0.4, 0.5) is 4.39 Å². The third-order valence-corrected chi connectivity index (χ3v) is 6.89. The third kappa shape index (κ3) is 5.00. The number of fused-ring (bicyclic) bond motifs is 1. The molecule has 0 aliphatic carbocycles. The lowest BCUT2D eigenvalue weighted by atomic mass is 9.93. The topological polar surface area (TPSA) is 34.1 Å². The molecule has 162 valence electrons. The van der Waals surface area contributed by atoms with Gasteiger partial charge < -0.3 is 0 Å². The monoisotopic (exact) mass is 470 g/mol. The lowest BCUT2D eigenvalue weighted by molar-refractivity contribution is -0.107. The van der Waals surface area contributed by atoms with Gasteiger partial charge in [0.25, 0.3) is 0 Å². The van der Waals surface area contributed by atoms with Crippen LogP contribution in [0.3, 0.4) is 0 Å².